The first-order valence-electron chi connectivity index (χ1n) is 4.49. The average molecular weight is 192 g/mol. The number of ketones is 1. The van der Waals surface area contributed by atoms with Crippen molar-refractivity contribution in [3.8, 4) is 0 Å². The minimum Gasteiger partial charge on any atom is -0.384 e. The van der Waals surface area contributed by atoms with Gasteiger partial charge in [-0.15, -0.1) is 0 Å². The molecule has 0 aromatic carbocycles. The second kappa shape index (κ2) is 5.98. The van der Waals surface area contributed by atoms with Gasteiger partial charge in [-0.05, 0) is 25.1 Å². The molecule has 0 aromatic rings. The Morgan fingerprint density at radius 1 is 1.50 bits per heavy atom. The van der Waals surface area contributed by atoms with E-state index in [0.29, 0.717) is 6.42 Å². The van der Waals surface area contributed by atoms with Crippen molar-refractivity contribution in [1.29, 1.82) is 0 Å². The zero-order chi connectivity index (χ0) is 11.1. The average Bonchev–Trinajstić information content (AvgIpc) is 2.10. The second-order valence-corrected chi connectivity index (χ2v) is 3.17. The number of Topliss-reactive ketones (excluding diaryl/α,β-unsaturated/α-hetero) is 1. The third-order valence-corrected chi connectivity index (χ3v) is 1.70. The number of rotatable bonds is 4. The molecule has 76 valence electrons. The fourth-order valence-corrected chi connectivity index (χ4v) is 0.980. The number of carbonyl (C=O) groups is 1. The van der Waals surface area contributed by atoms with E-state index in [1.54, 1.807) is 0 Å². The summed E-state index contributed by atoms with van der Waals surface area (Å²) in [6, 6.07) is 0. The van der Waals surface area contributed by atoms with E-state index in [1.807, 2.05) is 38.2 Å². The van der Waals surface area contributed by atoms with E-state index >= 15 is 0 Å². The highest BCUT2D eigenvalue weighted by Crippen LogP contribution is 2.13. The summed E-state index contributed by atoms with van der Waals surface area (Å²) in [6.45, 7) is 10.3. The van der Waals surface area contributed by atoms with E-state index in [2.05, 4.69) is 4.85 Å². The third-order valence-electron chi connectivity index (χ3n) is 1.70. The molecule has 0 amide bonds. The number of hydrogen-bond acceptors (Lipinski definition) is 2. The first-order valence-corrected chi connectivity index (χ1v) is 4.49. The van der Waals surface area contributed by atoms with Crippen molar-refractivity contribution in [2.75, 3.05) is 14.1 Å². The Balaban J connectivity index is 5.02. The van der Waals surface area contributed by atoms with E-state index in [1.165, 1.54) is 6.92 Å². The molecule has 14 heavy (non-hydrogen) atoms. The van der Waals surface area contributed by atoms with Crippen molar-refractivity contribution in [3.05, 3.63) is 35.0 Å². The lowest BCUT2D eigenvalue weighted by Crippen LogP contribution is -2.01. The Hall–Kier alpha value is -1.56. The van der Waals surface area contributed by atoms with Crippen molar-refractivity contribution in [2.24, 2.45) is 0 Å². The van der Waals surface area contributed by atoms with Gasteiger partial charge >= 0.3 is 0 Å². The predicted molar refractivity (Wildman–Crippen MR) is 57.4 cm³/mol. The number of allylic oxidation sites excluding steroid dienone is 3. The summed E-state index contributed by atoms with van der Waals surface area (Å²) in [4.78, 5) is 16.2. The molecule has 0 saturated heterocycles. The van der Waals surface area contributed by atoms with Crippen molar-refractivity contribution in [1.82, 2.24) is 4.90 Å². The third kappa shape index (κ3) is 3.90. The van der Waals surface area contributed by atoms with Gasteiger partial charge in [0, 0.05) is 14.1 Å². The van der Waals surface area contributed by atoms with Crippen LogP contribution in [0.15, 0.2) is 23.5 Å². The highest BCUT2D eigenvalue weighted by Gasteiger charge is 2.07. The molecule has 0 bridgehead atoms. The number of nitrogens with zero attached hydrogens (tertiary/aromatic N) is 2. The molecular formula is C11H16N2O. The Morgan fingerprint density at radius 3 is 2.36 bits per heavy atom. The molecule has 0 unspecified atom stereocenters. The van der Waals surface area contributed by atoms with Gasteiger partial charge in [0.05, 0.1) is 6.57 Å². The minimum absolute atomic E-state index is 0.166. The lowest BCUT2D eigenvalue weighted by atomic mass is 10.1. The summed E-state index contributed by atoms with van der Waals surface area (Å²) < 4.78 is 0. The Bertz CT molecular complexity index is 306. The van der Waals surface area contributed by atoms with E-state index < -0.39 is 0 Å². The number of hydrogen-bond donors (Lipinski definition) is 0. The summed E-state index contributed by atoms with van der Waals surface area (Å²) >= 11 is 0. The van der Waals surface area contributed by atoms with Crippen LogP contribution in [-0.2, 0) is 4.79 Å². The SMILES string of the molecule is [C-]#[N+]/C(C(C)=O)=C(/C=C/N(C)C)CC. The normalized spacial score (nSPS) is 12.2. The quantitative estimate of drug-likeness (QED) is 0.387. The maximum Gasteiger partial charge on any atom is 0.232 e. The van der Waals surface area contributed by atoms with Gasteiger partial charge in [0.1, 0.15) is 0 Å². The van der Waals surface area contributed by atoms with Gasteiger partial charge in [-0.2, -0.15) is 0 Å². The number of carbonyl (C=O) groups excluding carboxylic acids is 1. The molecule has 0 N–H and O–H groups in total. The highest BCUT2D eigenvalue weighted by molar-refractivity contribution is 5.96. The van der Waals surface area contributed by atoms with Gasteiger partial charge in [-0.1, -0.05) is 13.0 Å². The minimum atomic E-state index is -0.166. The van der Waals surface area contributed by atoms with E-state index in [9.17, 15) is 4.79 Å². The van der Waals surface area contributed by atoms with Crippen LogP contribution in [-0.4, -0.2) is 24.8 Å². The van der Waals surface area contributed by atoms with Crippen molar-refractivity contribution in [3.63, 3.8) is 0 Å². The van der Waals surface area contributed by atoms with Crippen LogP contribution in [0.3, 0.4) is 0 Å². The highest BCUT2D eigenvalue weighted by atomic mass is 16.1. The van der Waals surface area contributed by atoms with Crippen LogP contribution in [0.4, 0.5) is 0 Å². The van der Waals surface area contributed by atoms with Crippen molar-refractivity contribution in [2.45, 2.75) is 20.3 Å². The molecule has 0 aliphatic heterocycles. The fourth-order valence-electron chi connectivity index (χ4n) is 0.980. The van der Waals surface area contributed by atoms with Crippen LogP contribution < -0.4 is 0 Å². The Labute approximate surface area is 85.5 Å². The van der Waals surface area contributed by atoms with Gasteiger partial charge in [-0.25, -0.2) is 4.85 Å². The molecule has 3 heteroatoms. The molecule has 0 saturated carbocycles. The first-order chi connectivity index (χ1) is 6.52. The topological polar surface area (TPSA) is 24.7 Å². The van der Waals surface area contributed by atoms with Crippen LogP contribution in [0, 0.1) is 6.57 Å². The summed E-state index contributed by atoms with van der Waals surface area (Å²) in [7, 11) is 3.80. The van der Waals surface area contributed by atoms with Crippen molar-refractivity contribution < 1.29 is 4.79 Å². The lowest BCUT2D eigenvalue weighted by Gasteiger charge is -2.05. The van der Waals surface area contributed by atoms with Gasteiger partial charge in [0.25, 0.3) is 0 Å². The smallest absolute Gasteiger partial charge is 0.232 e. The molecule has 0 fully saturated rings. The fraction of sp³-hybridized carbons (Fsp3) is 0.455. The maximum absolute atomic E-state index is 11.1. The summed E-state index contributed by atoms with van der Waals surface area (Å²) in [6.07, 6.45) is 4.35. The summed E-state index contributed by atoms with van der Waals surface area (Å²) in [5, 5.41) is 0. The van der Waals surface area contributed by atoms with Crippen LogP contribution in [0.5, 0.6) is 0 Å². The Morgan fingerprint density at radius 2 is 2.07 bits per heavy atom. The van der Waals surface area contributed by atoms with Gasteiger partial charge in [0.15, 0.2) is 5.78 Å². The predicted octanol–water partition coefficient (Wildman–Crippen LogP) is 2.23. The molecule has 3 nitrogen and oxygen atoms in total. The monoisotopic (exact) mass is 192 g/mol. The van der Waals surface area contributed by atoms with Gasteiger partial charge < -0.3 is 9.69 Å². The first kappa shape index (κ1) is 12.4. The van der Waals surface area contributed by atoms with Gasteiger partial charge in [-0.3, -0.25) is 0 Å². The standard InChI is InChI=1S/C11H16N2O/c1-6-10(7-8-13(4)5)11(12-3)9(2)14/h7-8H,6H2,1-2,4-5H3/b8-7+,11-10+. The van der Waals surface area contributed by atoms with Crippen molar-refractivity contribution >= 4 is 5.78 Å². The molecule has 0 aromatic heterocycles. The zero-order valence-corrected chi connectivity index (χ0v) is 9.16. The zero-order valence-electron chi connectivity index (χ0n) is 9.16. The second-order valence-electron chi connectivity index (χ2n) is 3.17. The van der Waals surface area contributed by atoms with Crippen LogP contribution in [0.1, 0.15) is 20.3 Å². The largest absolute Gasteiger partial charge is 0.384 e. The van der Waals surface area contributed by atoms with Gasteiger partial charge in [0.2, 0.25) is 5.70 Å². The molecule has 0 radical (unpaired) electrons. The molecule has 0 rings (SSSR count). The lowest BCUT2D eigenvalue weighted by molar-refractivity contribution is -0.113. The van der Waals surface area contributed by atoms with Crippen LogP contribution >= 0.6 is 0 Å². The molecule has 0 aliphatic rings. The Kier molecular flexibility index (Phi) is 5.31. The molecule has 0 spiro atoms. The molecule has 0 heterocycles. The molecule has 0 aliphatic carbocycles. The molecular weight excluding hydrogens is 176 g/mol. The van der Waals surface area contributed by atoms with Crippen LogP contribution in [0.2, 0.25) is 0 Å². The van der Waals surface area contributed by atoms with E-state index in [4.69, 9.17) is 6.57 Å². The summed E-state index contributed by atoms with van der Waals surface area (Å²) in [5.41, 5.74) is 1.03. The van der Waals surface area contributed by atoms with E-state index in [0.717, 1.165) is 5.57 Å². The van der Waals surface area contributed by atoms with E-state index in [-0.39, 0.29) is 11.5 Å². The summed E-state index contributed by atoms with van der Waals surface area (Å²) in [5.74, 6) is -0.166. The molecule has 0 atom stereocenters. The maximum atomic E-state index is 11.1. The van der Waals surface area contributed by atoms with Crippen LogP contribution in [0.25, 0.3) is 4.85 Å².